The molecule has 80 heavy (non-hydrogen) atoms. The predicted octanol–water partition coefficient (Wildman–Crippen LogP) is 12.4. The van der Waals surface area contributed by atoms with E-state index in [1.807, 2.05) is 218 Å². The van der Waals surface area contributed by atoms with Gasteiger partial charge in [-0.05, 0) is 96.1 Å². The molecular weight excluding hydrogens is 1010 g/mol. The number of carbonyl (C=O) groups excluding carboxylic acids is 4. The summed E-state index contributed by atoms with van der Waals surface area (Å²) in [5.74, 6) is -2.34. The van der Waals surface area contributed by atoms with E-state index in [4.69, 9.17) is 0 Å². The molecule has 3 aliphatic heterocycles. The van der Waals surface area contributed by atoms with E-state index in [-0.39, 0.29) is 51.3 Å². The maximum Gasteiger partial charge on any atom is 0.330 e. The van der Waals surface area contributed by atoms with E-state index in [0.29, 0.717) is 45.5 Å². The van der Waals surface area contributed by atoms with Crippen molar-refractivity contribution in [1.82, 2.24) is 19.6 Å². The Morgan fingerprint density at radius 1 is 0.338 bits per heavy atom. The molecule has 2 fully saturated rings. The van der Waals surface area contributed by atoms with Crippen LogP contribution in [0, 0.1) is 0 Å². The number of fused-ring (bicyclic) bond motifs is 2. The predicted molar refractivity (Wildman–Crippen MR) is 310 cm³/mol. The van der Waals surface area contributed by atoms with Gasteiger partial charge in [0.25, 0.3) is 0 Å². The molecule has 2 atom stereocenters. The topological polar surface area (TPSA) is 169 Å². The van der Waals surface area contributed by atoms with Crippen LogP contribution in [-0.2, 0) is 9.59 Å². The first kappa shape index (κ1) is 52.9. The highest BCUT2D eigenvalue weighted by Crippen LogP contribution is 2.38. The number of carbonyl (C=O) groups is 6. The van der Waals surface area contributed by atoms with Gasteiger partial charge in [-0.2, -0.15) is 0 Å². The summed E-state index contributed by atoms with van der Waals surface area (Å²) in [6.45, 7) is 0.198. The van der Waals surface area contributed by atoms with E-state index < -0.39 is 36.1 Å². The van der Waals surface area contributed by atoms with Crippen LogP contribution in [0.5, 0.6) is 0 Å². The highest BCUT2D eigenvalue weighted by Gasteiger charge is 2.43. The minimum Gasteiger partial charge on any atom is -0.480 e. The first-order valence-electron chi connectivity index (χ1n) is 26.1. The molecule has 8 aromatic carbocycles. The van der Waals surface area contributed by atoms with Crippen LogP contribution in [0.15, 0.2) is 231 Å². The standard InChI is InChI=1S/C33H28N4O4.C31H28N4O4/c38-31(39)30-23-34(32(40)36(26-13-3-1-4-14-26)27-15-5-2-6-16-27)21-22-35(30)33(41)37-28-17-9-7-11-24(28)19-20-25-12-8-10-18-29(25)37;36-29(37)28-23-32(30(38)34(24-13-5-1-6-14-24)25-15-7-2-8-16-25)21-22-33(28)31(39)35(26-17-9-3-10-18-26)27-19-11-4-12-20-27/h1-20,30H,21-23H2,(H,38,39);1-20,28H,21-23H2,(H,36,37)/t30-;28-/m00/s1. The van der Waals surface area contributed by atoms with E-state index in [1.54, 1.807) is 39.0 Å². The molecule has 11 rings (SSSR count). The molecule has 16 heteroatoms. The SMILES string of the molecule is O=C(O)[C@@H]1CN(C(=O)N(c2ccccc2)c2ccccc2)CCN1C(=O)N(c1ccccc1)c1ccccc1.O=C(O)[C@@H]1CN(C(=O)N(c2ccccc2)c2ccccc2)CCN1C(=O)N1c2ccccc2C=Cc2ccccc21. The number of anilines is 8. The van der Waals surface area contributed by atoms with Gasteiger partial charge in [-0.25, -0.2) is 28.8 Å². The molecule has 0 saturated carbocycles. The average molecular weight is 1070 g/mol. The molecule has 0 unspecified atom stereocenters. The lowest BCUT2D eigenvalue weighted by atomic mass is 10.1. The van der Waals surface area contributed by atoms with E-state index in [2.05, 4.69) is 0 Å². The zero-order valence-electron chi connectivity index (χ0n) is 43.4. The smallest absolute Gasteiger partial charge is 0.330 e. The molecule has 3 aliphatic rings. The molecule has 2 N–H and O–H groups in total. The molecule has 8 amide bonds. The second kappa shape index (κ2) is 24.2. The molecular formula is C64H56N8O8. The van der Waals surface area contributed by atoms with Gasteiger partial charge in [0.05, 0.1) is 58.6 Å². The van der Waals surface area contributed by atoms with Crippen LogP contribution in [0.3, 0.4) is 0 Å². The van der Waals surface area contributed by atoms with Gasteiger partial charge in [-0.15, -0.1) is 0 Å². The highest BCUT2D eigenvalue weighted by atomic mass is 16.4. The van der Waals surface area contributed by atoms with Crippen LogP contribution < -0.4 is 19.6 Å². The van der Waals surface area contributed by atoms with Crippen LogP contribution in [-0.4, -0.2) is 117 Å². The highest BCUT2D eigenvalue weighted by molar-refractivity contribution is 6.07. The zero-order valence-corrected chi connectivity index (χ0v) is 43.4. The van der Waals surface area contributed by atoms with E-state index in [9.17, 15) is 39.0 Å². The fourth-order valence-corrected chi connectivity index (χ4v) is 10.1. The summed E-state index contributed by atoms with van der Waals surface area (Å²) in [6.07, 6.45) is 3.91. The van der Waals surface area contributed by atoms with Crippen molar-refractivity contribution in [3.8, 4) is 0 Å². The van der Waals surface area contributed by atoms with Crippen molar-refractivity contribution in [3.05, 3.63) is 242 Å². The number of piperazine rings is 2. The van der Waals surface area contributed by atoms with Gasteiger partial charge in [-0.3, -0.25) is 19.6 Å². The molecule has 0 aromatic heterocycles. The van der Waals surface area contributed by atoms with Crippen LogP contribution in [0.25, 0.3) is 12.2 Å². The molecule has 16 nitrogen and oxygen atoms in total. The first-order chi connectivity index (χ1) is 39.1. The minimum absolute atomic E-state index is 0.0627. The lowest BCUT2D eigenvalue weighted by Gasteiger charge is -2.42. The van der Waals surface area contributed by atoms with Gasteiger partial charge in [-0.1, -0.05) is 158 Å². The summed E-state index contributed by atoms with van der Waals surface area (Å²) in [5, 5.41) is 20.5. The van der Waals surface area contributed by atoms with Gasteiger partial charge in [0, 0.05) is 26.2 Å². The Balaban J connectivity index is 0.000000180. The number of amides is 8. The number of aliphatic carboxylic acids is 2. The first-order valence-corrected chi connectivity index (χ1v) is 26.1. The molecule has 400 valence electrons. The average Bonchev–Trinajstić information content (AvgIpc) is 3.75. The van der Waals surface area contributed by atoms with E-state index >= 15 is 0 Å². The Morgan fingerprint density at radius 3 is 0.938 bits per heavy atom. The van der Waals surface area contributed by atoms with E-state index in [1.165, 1.54) is 24.5 Å². The lowest BCUT2D eigenvalue weighted by molar-refractivity contribution is -0.144. The Hall–Kier alpha value is -10.5. The van der Waals surface area contributed by atoms with Crippen molar-refractivity contribution in [2.24, 2.45) is 0 Å². The number of para-hydroxylation sites is 8. The summed E-state index contributed by atoms with van der Waals surface area (Å²) in [5.41, 5.74) is 6.93. The minimum atomic E-state index is -1.23. The maximum absolute atomic E-state index is 14.2. The molecule has 3 heterocycles. The van der Waals surface area contributed by atoms with Crippen LogP contribution >= 0.6 is 0 Å². The Morgan fingerprint density at radius 2 is 0.613 bits per heavy atom. The summed E-state index contributed by atoms with van der Waals surface area (Å²) in [6, 6.07) is 66.1. The summed E-state index contributed by atoms with van der Waals surface area (Å²) >= 11 is 0. The third kappa shape index (κ3) is 11.3. The van der Waals surface area contributed by atoms with Gasteiger partial charge < -0.3 is 29.8 Å². The fourth-order valence-electron chi connectivity index (χ4n) is 10.1. The van der Waals surface area contributed by atoms with Crippen molar-refractivity contribution in [2.75, 3.05) is 58.9 Å². The largest absolute Gasteiger partial charge is 0.480 e. The number of hydrogen-bond acceptors (Lipinski definition) is 6. The van der Waals surface area contributed by atoms with Crippen molar-refractivity contribution in [1.29, 1.82) is 0 Å². The Labute approximate surface area is 463 Å². The van der Waals surface area contributed by atoms with Gasteiger partial charge >= 0.3 is 36.1 Å². The molecule has 2 saturated heterocycles. The van der Waals surface area contributed by atoms with Gasteiger partial charge in [0.1, 0.15) is 12.1 Å². The second-order valence-electron chi connectivity index (χ2n) is 18.9. The Kier molecular flexibility index (Phi) is 16.0. The van der Waals surface area contributed by atoms with E-state index in [0.717, 1.165) is 11.1 Å². The van der Waals surface area contributed by atoms with Crippen molar-refractivity contribution >= 4 is 93.7 Å². The number of carboxylic acids is 2. The van der Waals surface area contributed by atoms with Crippen LogP contribution in [0.4, 0.5) is 64.7 Å². The number of carboxylic acid groups (broad SMARTS) is 2. The number of hydrogen-bond donors (Lipinski definition) is 2. The fraction of sp³-hybridized carbons (Fsp3) is 0.125. The van der Waals surface area contributed by atoms with Crippen molar-refractivity contribution < 1.29 is 39.0 Å². The molecule has 0 radical (unpaired) electrons. The van der Waals surface area contributed by atoms with Crippen LogP contribution in [0.2, 0.25) is 0 Å². The normalized spacial score (nSPS) is 15.4. The second-order valence-corrected chi connectivity index (χ2v) is 18.9. The summed E-state index contributed by atoms with van der Waals surface area (Å²) in [7, 11) is 0. The summed E-state index contributed by atoms with van der Waals surface area (Å²) in [4.78, 5) is 93.0. The molecule has 0 bridgehead atoms. The maximum atomic E-state index is 14.2. The van der Waals surface area contributed by atoms with Crippen molar-refractivity contribution in [2.45, 2.75) is 12.1 Å². The number of benzene rings is 8. The van der Waals surface area contributed by atoms with Gasteiger partial charge in [0.2, 0.25) is 0 Å². The number of rotatable bonds is 8. The number of nitrogens with zero attached hydrogens (tertiary/aromatic N) is 8. The third-order valence-electron chi connectivity index (χ3n) is 14.0. The zero-order chi connectivity index (χ0) is 55.5. The lowest BCUT2D eigenvalue weighted by Crippen LogP contribution is -2.62. The quantitative estimate of drug-likeness (QED) is 0.152. The van der Waals surface area contributed by atoms with Gasteiger partial charge in [0.15, 0.2) is 0 Å². The van der Waals surface area contributed by atoms with Crippen LogP contribution in [0.1, 0.15) is 11.1 Å². The molecule has 0 spiro atoms. The molecule has 8 aromatic rings. The Bertz CT molecular complexity index is 3340. The number of urea groups is 4. The van der Waals surface area contributed by atoms with Crippen molar-refractivity contribution in [3.63, 3.8) is 0 Å². The third-order valence-corrected chi connectivity index (χ3v) is 14.0. The molecule has 0 aliphatic carbocycles. The summed E-state index contributed by atoms with van der Waals surface area (Å²) < 4.78 is 0. The monoisotopic (exact) mass is 1060 g/mol.